The third-order valence-corrected chi connectivity index (χ3v) is 3.64. The highest BCUT2D eigenvalue weighted by Crippen LogP contribution is 2.12. The fraction of sp³-hybridized carbons (Fsp3) is 0.600. The van der Waals surface area contributed by atoms with Gasteiger partial charge in [-0.25, -0.2) is 0 Å². The Labute approximate surface area is 120 Å². The number of aryl methyl sites for hydroxylation is 1. The molecule has 108 valence electrons. The van der Waals surface area contributed by atoms with E-state index in [0.29, 0.717) is 13.2 Å². The second kappa shape index (κ2) is 11.1. The second-order valence-electron chi connectivity index (χ2n) is 4.38. The Bertz CT molecular complexity index is 316. The van der Waals surface area contributed by atoms with E-state index in [1.807, 2.05) is 23.9 Å². The fourth-order valence-corrected chi connectivity index (χ4v) is 2.38. The maximum absolute atomic E-state index is 5.67. The molecular formula is C15H25NO2S. The molecule has 0 aromatic heterocycles. The summed E-state index contributed by atoms with van der Waals surface area (Å²) in [7, 11) is 0. The minimum Gasteiger partial charge on any atom is -0.494 e. The third-order valence-electron chi connectivity index (χ3n) is 2.61. The molecule has 0 spiro atoms. The molecule has 3 nitrogen and oxygen atoms in total. The predicted octanol–water partition coefficient (Wildman–Crippen LogP) is 2.86. The zero-order valence-electron chi connectivity index (χ0n) is 11.8. The lowest BCUT2D eigenvalue weighted by atomic mass is 10.2. The van der Waals surface area contributed by atoms with Gasteiger partial charge in [-0.05, 0) is 37.7 Å². The van der Waals surface area contributed by atoms with Crippen molar-refractivity contribution in [2.75, 3.05) is 37.9 Å². The molecule has 0 fully saturated rings. The van der Waals surface area contributed by atoms with E-state index in [-0.39, 0.29) is 0 Å². The summed E-state index contributed by atoms with van der Waals surface area (Å²) in [6.45, 7) is 4.97. The molecule has 19 heavy (non-hydrogen) atoms. The molecule has 4 heteroatoms. The molecule has 0 saturated heterocycles. The van der Waals surface area contributed by atoms with Gasteiger partial charge in [0.05, 0.1) is 19.8 Å². The first-order chi connectivity index (χ1) is 9.33. The average Bonchev–Trinajstić information content (AvgIpc) is 2.43. The molecule has 0 radical (unpaired) electrons. The lowest BCUT2D eigenvalue weighted by Crippen LogP contribution is -2.10. The number of hydrogen-bond acceptors (Lipinski definition) is 4. The topological polar surface area (TPSA) is 44.5 Å². The molecule has 0 saturated carbocycles. The van der Waals surface area contributed by atoms with Crippen LogP contribution >= 0.6 is 11.8 Å². The maximum Gasteiger partial charge on any atom is 0.119 e. The van der Waals surface area contributed by atoms with Crippen LogP contribution in [0.4, 0.5) is 0 Å². The number of thioether (sulfide) groups is 1. The van der Waals surface area contributed by atoms with Crippen LogP contribution in [0.1, 0.15) is 18.4 Å². The third kappa shape index (κ3) is 8.92. The van der Waals surface area contributed by atoms with Crippen LogP contribution in [0.3, 0.4) is 0 Å². The quantitative estimate of drug-likeness (QED) is 0.634. The normalized spacial score (nSPS) is 10.6. The van der Waals surface area contributed by atoms with E-state index in [0.717, 1.165) is 31.1 Å². The average molecular weight is 283 g/mol. The molecule has 0 aliphatic rings. The van der Waals surface area contributed by atoms with Crippen molar-refractivity contribution < 1.29 is 9.47 Å². The molecular weight excluding hydrogens is 258 g/mol. The molecule has 0 atom stereocenters. The number of benzene rings is 1. The molecule has 0 bridgehead atoms. The smallest absolute Gasteiger partial charge is 0.119 e. The Morgan fingerprint density at radius 1 is 1.00 bits per heavy atom. The van der Waals surface area contributed by atoms with Crippen LogP contribution in [-0.2, 0) is 4.74 Å². The van der Waals surface area contributed by atoms with Crippen LogP contribution in [0.2, 0.25) is 0 Å². The van der Waals surface area contributed by atoms with Gasteiger partial charge in [-0.1, -0.05) is 17.7 Å². The Kier molecular flexibility index (Phi) is 9.59. The molecule has 0 amide bonds. The molecule has 1 aromatic carbocycles. The zero-order chi connectivity index (χ0) is 13.8. The Morgan fingerprint density at radius 2 is 1.79 bits per heavy atom. The van der Waals surface area contributed by atoms with Crippen LogP contribution in [0.25, 0.3) is 0 Å². The first kappa shape index (κ1) is 16.3. The van der Waals surface area contributed by atoms with Gasteiger partial charge in [0.2, 0.25) is 0 Å². The highest BCUT2D eigenvalue weighted by atomic mass is 32.2. The second-order valence-corrected chi connectivity index (χ2v) is 5.61. The van der Waals surface area contributed by atoms with Crippen LogP contribution in [0, 0.1) is 6.92 Å². The Hall–Kier alpha value is -0.710. The molecule has 0 aliphatic heterocycles. The van der Waals surface area contributed by atoms with Gasteiger partial charge in [-0.2, -0.15) is 11.8 Å². The van der Waals surface area contributed by atoms with Gasteiger partial charge in [0.15, 0.2) is 0 Å². The lowest BCUT2D eigenvalue weighted by molar-refractivity contribution is 0.158. The maximum atomic E-state index is 5.67. The summed E-state index contributed by atoms with van der Waals surface area (Å²) in [5.41, 5.74) is 6.60. The summed E-state index contributed by atoms with van der Waals surface area (Å²) in [6, 6.07) is 8.21. The summed E-state index contributed by atoms with van der Waals surface area (Å²) >= 11 is 1.93. The van der Waals surface area contributed by atoms with Crippen molar-refractivity contribution in [3.05, 3.63) is 29.8 Å². The first-order valence-electron chi connectivity index (χ1n) is 6.88. The van der Waals surface area contributed by atoms with E-state index in [9.17, 15) is 0 Å². The fourth-order valence-electron chi connectivity index (χ4n) is 1.54. The molecule has 0 aliphatic carbocycles. The van der Waals surface area contributed by atoms with Gasteiger partial charge < -0.3 is 15.2 Å². The van der Waals surface area contributed by atoms with E-state index in [1.165, 1.54) is 17.7 Å². The van der Waals surface area contributed by atoms with E-state index < -0.39 is 0 Å². The van der Waals surface area contributed by atoms with Gasteiger partial charge in [0, 0.05) is 12.3 Å². The number of hydrogen-bond donors (Lipinski definition) is 1. The van der Waals surface area contributed by atoms with Crippen LogP contribution in [-0.4, -0.2) is 37.9 Å². The highest BCUT2D eigenvalue weighted by molar-refractivity contribution is 7.99. The van der Waals surface area contributed by atoms with Crippen molar-refractivity contribution >= 4 is 11.8 Å². The van der Waals surface area contributed by atoms with E-state index in [4.69, 9.17) is 15.2 Å². The zero-order valence-corrected chi connectivity index (χ0v) is 12.6. The molecule has 1 rings (SSSR count). The minimum atomic E-state index is 0.612. The monoisotopic (exact) mass is 283 g/mol. The minimum absolute atomic E-state index is 0.612. The van der Waals surface area contributed by atoms with Crippen molar-refractivity contribution in [2.45, 2.75) is 19.8 Å². The molecule has 0 heterocycles. The highest BCUT2D eigenvalue weighted by Gasteiger charge is 1.94. The van der Waals surface area contributed by atoms with Crippen molar-refractivity contribution in [3.63, 3.8) is 0 Å². The van der Waals surface area contributed by atoms with Crippen molar-refractivity contribution in [1.29, 1.82) is 0 Å². The Morgan fingerprint density at radius 3 is 2.53 bits per heavy atom. The lowest BCUT2D eigenvalue weighted by Gasteiger charge is -2.06. The van der Waals surface area contributed by atoms with Crippen molar-refractivity contribution in [2.24, 2.45) is 5.73 Å². The van der Waals surface area contributed by atoms with Crippen LogP contribution in [0.15, 0.2) is 24.3 Å². The van der Waals surface area contributed by atoms with Crippen LogP contribution < -0.4 is 10.5 Å². The summed E-state index contributed by atoms with van der Waals surface area (Å²) in [5, 5.41) is 0. The van der Waals surface area contributed by atoms with Gasteiger partial charge in [-0.3, -0.25) is 0 Å². The van der Waals surface area contributed by atoms with Crippen molar-refractivity contribution in [3.8, 4) is 5.75 Å². The van der Waals surface area contributed by atoms with Gasteiger partial charge >= 0.3 is 0 Å². The van der Waals surface area contributed by atoms with E-state index in [1.54, 1.807) is 0 Å². The molecule has 2 N–H and O–H groups in total. The number of ether oxygens (including phenoxy) is 2. The molecule has 0 unspecified atom stereocenters. The largest absolute Gasteiger partial charge is 0.494 e. The summed E-state index contributed by atoms with van der Waals surface area (Å²) < 4.78 is 11.0. The van der Waals surface area contributed by atoms with E-state index in [2.05, 4.69) is 19.1 Å². The number of nitrogens with two attached hydrogens (primary N) is 1. The van der Waals surface area contributed by atoms with Gasteiger partial charge in [0.25, 0.3) is 0 Å². The SMILES string of the molecule is Cc1ccc(OCCCCSCCOCCN)cc1. The molecule has 1 aromatic rings. The summed E-state index contributed by atoms with van der Waals surface area (Å²) in [4.78, 5) is 0. The van der Waals surface area contributed by atoms with Gasteiger partial charge in [0.1, 0.15) is 5.75 Å². The number of rotatable bonds is 11. The first-order valence-corrected chi connectivity index (χ1v) is 8.03. The summed E-state index contributed by atoms with van der Waals surface area (Å²) in [6.07, 6.45) is 2.29. The Balaban J connectivity index is 1.87. The van der Waals surface area contributed by atoms with Crippen LogP contribution in [0.5, 0.6) is 5.75 Å². The standard InChI is InChI=1S/C15H25NO2S/c1-14-4-6-15(7-5-14)18-9-2-3-12-19-13-11-17-10-8-16/h4-7H,2-3,8-13,16H2,1H3. The van der Waals surface area contributed by atoms with E-state index >= 15 is 0 Å². The van der Waals surface area contributed by atoms with Gasteiger partial charge in [-0.15, -0.1) is 0 Å². The summed E-state index contributed by atoms with van der Waals surface area (Å²) in [5.74, 6) is 3.19. The predicted molar refractivity (Wildman–Crippen MR) is 83.1 cm³/mol. The van der Waals surface area contributed by atoms with Crippen molar-refractivity contribution in [1.82, 2.24) is 0 Å². The number of unbranched alkanes of at least 4 members (excludes halogenated alkanes) is 1.